The van der Waals surface area contributed by atoms with E-state index >= 15 is 0 Å². The van der Waals surface area contributed by atoms with E-state index in [0.29, 0.717) is 11.1 Å². The SMILES string of the molecule is CCCCC(C)Nc1cc(Cl)cc(Br)c1OC. The Bertz CT molecular complexity index is 371. The summed E-state index contributed by atoms with van der Waals surface area (Å²) in [4.78, 5) is 0. The highest BCUT2D eigenvalue weighted by molar-refractivity contribution is 9.10. The first-order valence-electron chi connectivity index (χ1n) is 5.88. The molecular formula is C13H19BrClNO. The minimum Gasteiger partial charge on any atom is -0.493 e. The lowest BCUT2D eigenvalue weighted by Gasteiger charge is -2.18. The molecule has 0 saturated carbocycles. The normalized spacial score (nSPS) is 12.3. The molecule has 0 fully saturated rings. The van der Waals surface area contributed by atoms with Gasteiger partial charge in [-0.3, -0.25) is 0 Å². The molecule has 0 aliphatic carbocycles. The summed E-state index contributed by atoms with van der Waals surface area (Å²) in [6, 6.07) is 4.14. The van der Waals surface area contributed by atoms with Gasteiger partial charge in [0.15, 0.2) is 5.75 Å². The first-order valence-corrected chi connectivity index (χ1v) is 7.05. The average molecular weight is 321 g/mol. The third kappa shape index (κ3) is 4.40. The lowest BCUT2D eigenvalue weighted by Crippen LogP contribution is -2.15. The van der Waals surface area contributed by atoms with Crippen LogP contribution in [0.4, 0.5) is 5.69 Å². The zero-order valence-electron chi connectivity index (χ0n) is 10.5. The van der Waals surface area contributed by atoms with Gasteiger partial charge in [0, 0.05) is 11.1 Å². The van der Waals surface area contributed by atoms with Gasteiger partial charge in [0.25, 0.3) is 0 Å². The molecule has 1 N–H and O–H groups in total. The van der Waals surface area contributed by atoms with Crippen molar-refractivity contribution >= 4 is 33.2 Å². The van der Waals surface area contributed by atoms with E-state index in [4.69, 9.17) is 16.3 Å². The molecule has 0 saturated heterocycles. The molecule has 1 aromatic carbocycles. The minimum atomic E-state index is 0.411. The van der Waals surface area contributed by atoms with Gasteiger partial charge in [-0.25, -0.2) is 0 Å². The number of anilines is 1. The summed E-state index contributed by atoms with van der Waals surface area (Å²) in [7, 11) is 1.66. The lowest BCUT2D eigenvalue weighted by molar-refractivity contribution is 0.413. The van der Waals surface area contributed by atoms with E-state index < -0.39 is 0 Å². The van der Waals surface area contributed by atoms with Crippen LogP contribution >= 0.6 is 27.5 Å². The van der Waals surface area contributed by atoms with Gasteiger partial charge in [0.2, 0.25) is 0 Å². The molecule has 0 bridgehead atoms. The van der Waals surface area contributed by atoms with Gasteiger partial charge in [-0.15, -0.1) is 0 Å². The Morgan fingerprint density at radius 2 is 2.18 bits per heavy atom. The fraction of sp³-hybridized carbons (Fsp3) is 0.538. The van der Waals surface area contributed by atoms with E-state index in [1.54, 1.807) is 7.11 Å². The van der Waals surface area contributed by atoms with Crippen LogP contribution in [-0.2, 0) is 0 Å². The first-order chi connectivity index (χ1) is 8.08. The van der Waals surface area contributed by atoms with Crippen molar-refractivity contribution in [2.45, 2.75) is 39.2 Å². The van der Waals surface area contributed by atoms with Crippen LogP contribution in [0.1, 0.15) is 33.1 Å². The molecule has 0 aromatic heterocycles. The van der Waals surface area contributed by atoms with Crippen LogP contribution in [0.5, 0.6) is 5.75 Å². The predicted octanol–water partition coefficient (Wildman–Crippen LogP) is 5.10. The van der Waals surface area contributed by atoms with E-state index in [0.717, 1.165) is 22.3 Å². The van der Waals surface area contributed by atoms with E-state index in [1.807, 2.05) is 12.1 Å². The Hall–Kier alpha value is -0.410. The van der Waals surface area contributed by atoms with Gasteiger partial charge in [0.05, 0.1) is 17.3 Å². The van der Waals surface area contributed by atoms with Crippen molar-refractivity contribution in [1.29, 1.82) is 0 Å². The zero-order chi connectivity index (χ0) is 12.8. The van der Waals surface area contributed by atoms with Crippen molar-refractivity contribution in [3.8, 4) is 5.75 Å². The van der Waals surface area contributed by atoms with Crippen molar-refractivity contribution in [2.24, 2.45) is 0 Å². The molecule has 0 heterocycles. The number of unbranched alkanes of at least 4 members (excludes halogenated alkanes) is 1. The number of benzene rings is 1. The number of halogens is 2. The predicted molar refractivity (Wildman–Crippen MR) is 78.3 cm³/mol. The smallest absolute Gasteiger partial charge is 0.156 e. The number of ether oxygens (including phenoxy) is 1. The van der Waals surface area contributed by atoms with Crippen molar-refractivity contribution in [2.75, 3.05) is 12.4 Å². The second-order valence-corrected chi connectivity index (χ2v) is 5.45. The number of methoxy groups -OCH3 is 1. The molecule has 0 aliphatic rings. The van der Waals surface area contributed by atoms with Gasteiger partial charge >= 0.3 is 0 Å². The van der Waals surface area contributed by atoms with Crippen molar-refractivity contribution in [3.05, 3.63) is 21.6 Å². The monoisotopic (exact) mass is 319 g/mol. The summed E-state index contributed by atoms with van der Waals surface area (Å²) in [5.41, 5.74) is 0.940. The molecule has 0 radical (unpaired) electrons. The number of hydrogen-bond donors (Lipinski definition) is 1. The van der Waals surface area contributed by atoms with E-state index in [9.17, 15) is 0 Å². The van der Waals surface area contributed by atoms with Gasteiger partial charge in [0.1, 0.15) is 0 Å². The molecule has 4 heteroatoms. The largest absolute Gasteiger partial charge is 0.493 e. The Labute approximate surface area is 117 Å². The lowest BCUT2D eigenvalue weighted by atomic mass is 10.1. The van der Waals surface area contributed by atoms with Crippen molar-refractivity contribution in [3.63, 3.8) is 0 Å². The van der Waals surface area contributed by atoms with Crippen LogP contribution in [0, 0.1) is 0 Å². The zero-order valence-corrected chi connectivity index (χ0v) is 12.9. The molecular weight excluding hydrogens is 302 g/mol. The summed E-state index contributed by atoms with van der Waals surface area (Å²) in [6.07, 6.45) is 3.57. The maximum Gasteiger partial charge on any atom is 0.156 e. The molecule has 1 atom stereocenters. The van der Waals surface area contributed by atoms with Crippen LogP contribution in [0.15, 0.2) is 16.6 Å². The Morgan fingerprint density at radius 3 is 2.76 bits per heavy atom. The first kappa shape index (κ1) is 14.7. The van der Waals surface area contributed by atoms with E-state index in [1.165, 1.54) is 12.8 Å². The maximum absolute atomic E-state index is 6.04. The second-order valence-electron chi connectivity index (χ2n) is 4.16. The van der Waals surface area contributed by atoms with Crippen LogP contribution in [0.25, 0.3) is 0 Å². The van der Waals surface area contributed by atoms with Gasteiger partial charge < -0.3 is 10.1 Å². The van der Waals surface area contributed by atoms with Crippen LogP contribution in [-0.4, -0.2) is 13.2 Å². The quantitative estimate of drug-likeness (QED) is 0.787. The Kier molecular flexibility index (Phi) is 6.14. The third-order valence-corrected chi connectivity index (χ3v) is 3.41. The summed E-state index contributed by atoms with van der Waals surface area (Å²) >= 11 is 9.49. The molecule has 1 aromatic rings. The van der Waals surface area contributed by atoms with Gasteiger partial charge in [-0.05, 0) is 41.4 Å². The molecule has 0 aliphatic heterocycles. The van der Waals surface area contributed by atoms with Crippen molar-refractivity contribution < 1.29 is 4.74 Å². The molecule has 96 valence electrons. The summed E-state index contributed by atoms with van der Waals surface area (Å²) in [5.74, 6) is 0.803. The molecule has 2 nitrogen and oxygen atoms in total. The molecule has 0 amide bonds. The summed E-state index contributed by atoms with van der Waals surface area (Å²) < 4.78 is 6.24. The standard InChI is InChI=1S/C13H19BrClNO/c1-4-5-6-9(2)16-12-8-10(15)7-11(14)13(12)17-3/h7-9,16H,4-6H2,1-3H3. The second kappa shape index (κ2) is 7.12. The number of nitrogens with one attached hydrogen (secondary N) is 1. The highest BCUT2D eigenvalue weighted by atomic mass is 79.9. The number of rotatable bonds is 6. The van der Waals surface area contributed by atoms with Crippen molar-refractivity contribution in [1.82, 2.24) is 0 Å². The molecule has 1 rings (SSSR count). The van der Waals surface area contributed by atoms with Crippen LogP contribution in [0.3, 0.4) is 0 Å². The summed E-state index contributed by atoms with van der Waals surface area (Å²) in [6.45, 7) is 4.37. The topological polar surface area (TPSA) is 21.3 Å². The van der Waals surface area contributed by atoms with Gasteiger partial charge in [-0.1, -0.05) is 31.4 Å². The average Bonchev–Trinajstić information content (AvgIpc) is 2.25. The third-order valence-electron chi connectivity index (χ3n) is 2.61. The Balaban J connectivity index is 2.81. The molecule has 1 unspecified atom stereocenters. The van der Waals surface area contributed by atoms with E-state index in [2.05, 4.69) is 35.1 Å². The fourth-order valence-electron chi connectivity index (χ4n) is 1.72. The fourth-order valence-corrected chi connectivity index (χ4v) is 2.70. The van der Waals surface area contributed by atoms with Gasteiger partial charge in [-0.2, -0.15) is 0 Å². The minimum absolute atomic E-state index is 0.411. The van der Waals surface area contributed by atoms with Crippen LogP contribution < -0.4 is 10.1 Å². The molecule has 17 heavy (non-hydrogen) atoms. The van der Waals surface area contributed by atoms with Crippen LogP contribution in [0.2, 0.25) is 5.02 Å². The Morgan fingerprint density at radius 1 is 1.47 bits per heavy atom. The number of hydrogen-bond acceptors (Lipinski definition) is 2. The summed E-state index contributed by atoms with van der Waals surface area (Å²) in [5, 5.41) is 4.14. The van der Waals surface area contributed by atoms with E-state index in [-0.39, 0.29) is 0 Å². The highest BCUT2D eigenvalue weighted by Crippen LogP contribution is 2.36. The molecule has 0 spiro atoms. The maximum atomic E-state index is 6.04. The highest BCUT2D eigenvalue weighted by Gasteiger charge is 2.11.